The maximum Gasteiger partial charge on any atom is 1.00 e. The topological polar surface area (TPSA) is 191 Å². The maximum atomic E-state index is 12.7. The van der Waals surface area contributed by atoms with Crippen molar-refractivity contribution in [3.8, 4) is 0 Å². The number of aliphatic carboxylic acids is 1. The minimum Gasteiger partial charge on any atom is -0.857 e. The average Bonchev–Trinajstić information content (AvgIpc) is 3.34. The van der Waals surface area contributed by atoms with E-state index < -0.39 is 34.9 Å². The Kier molecular flexibility index (Phi) is 8.10. The van der Waals surface area contributed by atoms with Crippen molar-refractivity contribution < 1.29 is 59.1 Å². The van der Waals surface area contributed by atoms with E-state index in [-0.39, 0.29) is 56.2 Å². The number of halogens is 1. The number of nitrogens with two attached hydrogens (primary N) is 1. The molecular weight excluding hydrogens is 519 g/mol. The van der Waals surface area contributed by atoms with Crippen LogP contribution in [0.1, 0.15) is 17.1 Å². The zero-order valence-electron chi connectivity index (χ0n) is 17.6. The summed E-state index contributed by atoms with van der Waals surface area (Å²) in [6.45, 7) is 1.75. The molecule has 0 spiro atoms. The van der Waals surface area contributed by atoms with E-state index in [2.05, 4.69) is 20.3 Å². The van der Waals surface area contributed by atoms with E-state index >= 15 is 0 Å². The van der Waals surface area contributed by atoms with Gasteiger partial charge in [-0.15, -0.1) is 11.8 Å². The summed E-state index contributed by atoms with van der Waals surface area (Å²) >= 11 is 8.07. The Morgan fingerprint density at radius 3 is 2.76 bits per heavy atom. The predicted octanol–water partition coefficient (Wildman–Crippen LogP) is -2.05. The molecule has 0 aromatic carbocycles. The van der Waals surface area contributed by atoms with Crippen molar-refractivity contribution in [2.75, 3.05) is 11.5 Å². The van der Waals surface area contributed by atoms with Gasteiger partial charge in [-0.25, -0.2) is 9.78 Å². The number of hydrogen-bond acceptors (Lipinski definition) is 12. The number of allylic oxidation sites excluding steroid dienone is 1. The van der Waals surface area contributed by atoms with Crippen LogP contribution in [0.5, 0.6) is 0 Å². The average molecular weight is 533 g/mol. The zero-order chi connectivity index (χ0) is 23.9. The molecule has 1 amide bonds. The molecule has 1 saturated heterocycles. The smallest absolute Gasteiger partial charge is 0.857 e. The number of aryl methyl sites for hydroxylation is 1. The van der Waals surface area contributed by atoms with Crippen molar-refractivity contribution in [3.05, 3.63) is 44.9 Å². The summed E-state index contributed by atoms with van der Waals surface area (Å²) < 4.78 is 5.09. The van der Waals surface area contributed by atoms with Crippen LogP contribution in [-0.4, -0.2) is 66.0 Å². The molecule has 2 aliphatic rings. The van der Waals surface area contributed by atoms with Crippen molar-refractivity contribution in [1.82, 2.24) is 15.0 Å². The summed E-state index contributed by atoms with van der Waals surface area (Å²) in [5, 5.41) is 37.5. The number of carbonyl (C=O) groups excluding carboxylic acids is 1. The van der Waals surface area contributed by atoms with Crippen LogP contribution in [0, 0.1) is 6.92 Å². The minimum atomic E-state index is -1.30. The number of nitrogen functional groups attached to an aromatic ring is 1. The van der Waals surface area contributed by atoms with Gasteiger partial charge in [-0.1, -0.05) is 39.3 Å². The van der Waals surface area contributed by atoms with Crippen LogP contribution in [0.15, 0.2) is 38.1 Å². The number of nitrogens with zero attached hydrogens (tertiary/aromatic N) is 5. The molecule has 4 heterocycles. The largest absolute Gasteiger partial charge is 1.00 e. The number of amides is 1. The number of β-lactam (4-membered cyclic amide) rings is 1. The van der Waals surface area contributed by atoms with Crippen LogP contribution in [0.25, 0.3) is 6.08 Å². The first-order valence-electron chi connectivity index (χ1n) is 9.13. The molecule has 2 aromatic heterocycles. The minimum absolute atomic E-state index is 0. The fraction of sp³-hybridized carbons (Fsp3) is 0.222. The molecule has 1 fully saturated rings. The van der Waals surface area contributed by atoms with E-state index in [1.54, 1.807) is 25.1 Å². The van der Waals surface area contributed by atoms with Crippen molar-refractivity contribution in [2.24, 2.45) is 10.1 Å². The van der Waals surface area contributed by atoms with Crippen molar-refractivity contribution in [3.63, 3.8) is 0 Å². The van der Waals surface area contributed by atoms with Gasteiger partial charge in [-0.2, -0.15) is 0 Å². The van der Waals surface area contributed by atoms with Gasteiger partial charge in [0, 0.05) is 17.7 Å². The Morgan fingerprint density at radius 1 is 1.47 bits per heavy atom. The molecule has 0 unspecified atom stereocenters. The van der Waals surface area contributed by atoms with Crippen LogP contribution >= 0.6 is 34.7 Å². The number of carboxylic acids is 1. The number of aromatic nitrogens is 2. The monoisotopic (exact) mass is 532 g/mol. The third kappa shape index (κ3) is 4.87. The fourth-order valence-electron chi connectivity index (χ4n) is 3.22. The van der Waals surface area contributed by atoms with Crippen molar-refractivity contribution >= 4 is 69.4 Å². The third-order valence-electron chi connectivity index (χ3n) is 4.65. The fourth-order valence-corrected chi connectivity index (χ4v) is 5.45. The first-order valence-corrected chi connectivity index (χ1v) is 11.4. The number of aliphatic imine (C=N–C) groups is 1. The van der Waals surface area contributed by atoms with E-state index in [1.807, 2.05) is 0 Å². The first kappa shape index (κ1) is 26.2. The molecule has 4 N–H and O–H groups in total. The Hall–Kier alpha value is -2.36. The van der Waals surface area contributed by atoms with Gasteiger partial charge in [0.05, 0.1) is 5.69 Å². The van der Waals surface area contributed by atoms with Gasteiger partial charge in [-0.05, 0) is 18.6 Å². The molecule has 4 rings (SSSR count). The second-order valence-corrected chi connectivity index (χ2v) is 9.53. The number of rotatable bonds is 6. The summed E-state index contributed by atoms with van der Waals surface area (Å²) in [7, 11) is 0. The second kappa shape index (κ2) is 10.5. The third-order valence-corrected chi connectivity index (χ3v) is 7.02. The molecule has 172 valence electrons. The molecule has 0 radical (unpaired) electrons. The predicted molar refractivity (Wildman–Crippen MR) is 119 cm³/mol. The van der Waals surface area contributed by atoms with Gasteiger partial charge in [0.2, 0.25) is 0 Å². The number of hydrogen-bond donors (Lipinski definition) is 3. The Balaban J connectivity index is 0.00000324. The standard InChI is InChI=1S/C18H15ClN6O6S2.Na/c1-6-4-8(31-24-6)3-2-7-5-32-16-11(15(27)25(16)12(7)17(28)29)21-14(26)10(23-30)9-13(19)33-18(20)22-9;/h2-4,11,16,30H,5H2,1H3,(H2,20,22)(H,21,26)(H,28,29);/q;+1/p-1/b3-2+,23-10-;/t11-,16-;/m1./s1. The summed E-state index contributed by atoms with van der Waals surface area (Å²) in [5.74, 6) is -2.33. The number of anilines is 1. The molecule has 16 heteroatoms. The van der Waals surface area contributed by atoms with E-state index in [4.69, 9.17) is 21.9 Å². The van der Waals surface area contributed by atoms with Crippen LogP contribution in [-0.2, 0) is 9.59 Å². The number of fused-ring (bicyclic) bond motifs is 1. The van der Waals surface area contributed by atoms with Crippen LogP contribution < -0.4 is 40.4 Å². The molecule has 2 aromatic rings. The molecule has 2 atom stereocenters. The van der Waals surface area contributed by atoms with Gasteiger partial charge >= 0.3 is 35.5 Å². The van der Waals surface area contributed by atoms with Gasteiger partial charge in [-0.3, -0.25) is 14.7 Å². The van der Waals surface area contributed by atoms with Gasteiger partial charge in [0.15, 0.2) is 16.9 Å². The van der Waals surface area contributed by atoms with E-state index in [0.29, 0.717) is 17.0 Å². The quantitative estimate of drug-likeness (QED) is 0.0931. The summed E-state index contributed by atoms with van der Waals surface area (Å²) in [5.41, 5.74) is 5.67. The molecule has 12 nitrogen and oxygen atoms in total. The summed E-state index contributed by atoms with van der Waals surface area (Å²) in [6, 6.07) is 0.513. The van der Waals surface area contributed by atoms with E-state index in [0.717, 1.165) is 16.2 Å². The number of carboxylic acid groups (broad SMARTS) is 1. The molecule has 0 saturated carbocycles. The Labute approximate surface area is 227 Å². The number of thiazole rings is 1. The summed E-state index contributed by atoms with van der Waals surface area (Å²) in [4.78, 5) is 33.4. The van der Waals surface area contributed by atoms with Crippen LogP contribution in [0.2, 0.25) is 4.34 Å². The Morgan fingerprint density at radius 2 is 2.21 bits per heavy atom. The van der Waals surface area contributed by atoms with E-state index in [9.17, 15) is 25.0 Å². The van der Waals surface area contributed by atoms with E-state index in [1.165, 1.54) is 11.8 Å². The number of carbonyl (C=O) groups is 2. The molecule has 0 bridgehead atoms. The molecule has 2 aliphatic heterocycles. The zero-order valence-corrected chi connectivity index (χ0v) is 22.0. The molecule has 34 heavy (non-hydrogen) atoms. The van der Waals surface area contributed by atoms with Gasteiger partial charge in [0.25, 0.3) is 5.91 Å². The van der Waals surface area contributed by atoms with Crippen molar-refractivity contribution in [1.29, 1.82) is 0 Å². The maximum absolute atomic E-state index is 12.7. The SMILES string of the molecule is Cc1cc(/C=C/C2=C(C(=O)O)N3C(=O)[C@@H](N=C([O-])/C(=N\O)c4nc(N)sc4Cl)[C@H]3SC2)on1.[Na+]. The first-order chi connectivity index (χ1) is 15.7. The van der Waals surface area contributed by atoms with Gasteiger partial charge in [0.1, 0.15) is 26.8 Å². The summed E-state index contributed by atoms with van der Waals surface area (Å²) in [6.07, 6.45) is 3.10. The molecular formula is C18H14ClN6NaO6S2. The Bertz CT molecular complexity index is 1270. The second-order valence-electron chi connectivity index (χ2n) is 6.79. The van der Waals surface area contributed by atoms with Crippen LogP contribution in [0.4, 0.5) is 5.13 Å². The van der Waals surface area contributed by atoms with Crippen LogP contribution in [0.3, 0.4) is 0 Å². The van der Waals surface area contributed by atoms with Gasteiger partial charge < -0.3 is 25.7 Å². The molecule has 0 aliphatic carbocycles. The number of oxime groups is 1. The normalized spacial score (nSPS) is 20.9. The van der Waals surface area contributed by atoms with Crippen molar-refractivity contribution in [2.45, 2.75) is 18.3 Å². The number of thioether (sulfide) groups is 1.